The monoisotopic (exact) mass is 215 g/mol. The molecule has 0 amide bonds. The van der Waals surface area contributed by atoms with Crippen LogP contribution >= 0.6 is 0 Å². The molecule has 0 bridgehead atoms. The molecule has 1 aliphatic rings. The molecule has 0 aromatic rings. The number of aliphatic hydroxyl groups is 2. The zero-order valence-corrected chi connectivity index (χ0v) is 10.2. The van der Waals surface area contributed by atoms with Crippen LogP contribution in [0, 0.1) is 11.3 Å². The van der Waals surface area contributed by atoms with Gasteiger partial charge >= 0.3 is 0 Å². The van der Waals surface area contributed by atoms with E-state index in [1.54, 1.807) is 0 Å². The molecule has 0 saturated heterocycles. The van der Waals surface area contributed by atoms with Crippen LogP contribution in [0.4, 0.5) is 0 Å². The molecule has 1 saturated carbocycles. The molecule has 3 nitrogen and oxygen atoms in total. The molecule has 0 aliphatic heterocycles. The third-order valence-electron chi connectivity index (χ3n) is 4.26. The topological polar surface area (TPSA) is 66.5 Å². The standard InChI is InChI=1S/C12H25NO2/c1-4-11(2,3)9-5-6-12(13,8-14)7-10(9)15/h9-10,14-15H,4-8,13H2,1-3H3. The van der Waals surface area contributed by atoms with Gasteiger partial charge in [-0.15, -0.1) is 0 Å². The first kappa shape index (κ1) is 12.9. The first-order valence-electron chi connectivity index (χ1n) is 5.92. The van der Waals surface area contributed by atoms with Crippen LogP contribution in [-0.4, -0.2) is 28.5 Å². The van der Waals surface area contributed by atoms with Crippen LogP contribution in [0.1, 0.15) is 46.5 Å². The molecule has 0 spiro atoms. The van der Waals surface area contributed by atoms with Crippen LogP contribution in [0.2, 0.25) is 0 Å². The SMILES string of the molecule is CCC(C)(C)C1CCC(N)(CO)CC1O. The van der Waals surface area contributed by atoms with Crippen molar-refractivity contribution in [3.8, 4) is 0 Å². The Morgan fingerprint density at radius 2 is 2.07 bits per heavy atom. The summed E-state index contributed by atoms with van der Waals surface area (Å²) in [4.78, 5) is 0. The summed E-state index contributed by atoms with van der Waals surface area (Å²) in [6, 6.07) is 0. The summed E-state index contributed by atoms with van der Waals surface area (Å²) >= 11 is 0. The fourth-order valence-electron chi connectivity index (χ4n) is 2.61. The molecule has 1 fully saturated rings. The Morgan fingerprint density at radius 3 is 2.47 bits per heavy atom. The molecule has 1 rings (SSSR count). The molecule has 3 heteroatoms. The lowest BCUT2D eigenvalue weighted by molar-refractivity contribution is -0.0349. The van der Waals surface area contributed by atoms with Gasteiger partial charge < -0.3 is 15.9 Å². The third-order valence-corrected chi connectivity index (χ3v) is 4.26. The number of hydrogen-bond donors (Lipinski definition) is 3. The Balaban J connectivity index is 2.68. The maximum absolute atomic E-state index is 10.1. The van der Waals surface area contributed by atoms with Crippen molar-refractivity contribution in [3.63, 3.8) is 0 Å². The van der Waals surface area contributed by atoms with Crippen molar-refractivity contribution < 1.29 is 10.2 Å². The van der Waals surface area contributed by atoms with Gasteiger partial charge in [-0.1, -0.05) is 27.2 Å². The minimum atomic E-state index is -0.556. The highest BCUT2D eigenvalue weighted by Gasteiger charge is 2.42. The fraction of sp³-hybridized carbons (Fsp3) is 1.00. The molecule has 0 aromatic carbocycles. The van der Waals surface area contributed by atoms with Gasteiger partial charge in [-0.2, -0.15) is 0 Å². The molecule has 0 heterocycles. The van der Waals surface area contributed by atoms with E-state index in [1.807, 2.05) is 0 Å². The number of nitrogens with two attached hydrogens (primary N) is 1. The Bertz CT molecular complexity index is 218. The Morgan fingerprint density at radius 1 is 1.47 bits per heavy atom. The van der Waals surface area contributed by atoms with Gasteiger partial charge in [0.2, 0.25) is 0 Å². The number of hydrogen-bond acceptors (Lipinski definition) is 3. The summed E-state index contributed by atoms with van der Waals surface area (Å²) in [6.07, 6.45) is 2.95. The first-order chi connectivity index (χ1) is 6.84. The van der Waals surface area contributed by atoms with Crippen LogP contribution in [0.3, 0.4) is 0 Å². The molecule has 0 aromatic heterocycles. The number of aliphatic hydroxyl groups excluding tert-OH is 2. The van der Waals surface area contributed by atoms with Crippen molar-refractivity contribution in [3.05, 3.63) is 0 Å². The fourth-order valence-corrected chi connectivity index (χ4v) is 2.61. The molecule has 15 heavy (non-hydrogen) atoms. The van der Waals surface area contributed by atoms with Gasteiger partial charge in [0.25, 0.3) is 0 Å². The predicted octanol–water partition coefficient (Wildman–Crippen LogP) is 1.27. The molecule has 3 atom stereocenters. The van der Waals surface area contributed by atoms with Crippen LogP contribution in [0.15, 0.2) is 0 Å². The minimum Gasteiger partial charge on any atom is -0.394 e. The summed E-state index contributed by atoms with van der Waals surface area (Å²) in [5.41, 5.74) is 5.59. The highest BCUT2D eigenvalue weighted by atomic mass is 16.3. The quantitative estimate of drug-likeness (QED) is 0.664. The van der Waals surface area contributed by atoms with E-state index in [-0.39, 0.29) is 18.1 Å². The van der Waals surface area contributed by atoms with E-state index in [0.717, 1.165) is 19.3 Å². The molecule has 0 radical (unpaired) electrons. The van der Waals surface area contributed by atoms with Crippen LogP contribution in [-0.2, 0) is 0 Å². The van der Waals surface area contributed by atoms with Gasteiger partial charge in [0, 0.05) is 5.54 Å². The maximum atomic E-state index is 10.1. The van der Waals surface area contributed by atoms with E-state index in [1.165, 1.54) is 0 Å². The molecular formula is C12H25NO2. The largest absolute Gasteiger partial charge is 0.394 e. The Hall–Kier alpha value is -0.120. The normalized spacial score (nSPS) is 38.0. The second-order valence-electron chi connectivity index (χ2n) is 5.78. The zero-order valence-electron chi connectivity index (χ0n) is 10.2. The number of rotatable bonds is 3. The van der Waals surface area contributed by atoms with Gasteiger partial charge in [0.1, 0.15) is 0 Å². The van der Waals surface area contributed by atoms with Crippen LogP contribution in [0.5, 0.6) is 0 Å². The predicted molar refractivity (Wildman–Crippen MR) is 61.4 cm³/mol. The summed E-state index contributed by atoms with van der Waals surface area (Å²) in [5, 5.41) is 19.3. The first-order valence-corrected chi connectivity index (χ1v) is 5.92. The van der Waals surface area contributed by atoms with E-state index in [0.29, 0.717) is 12.3 Å². The van der Waals surface area contributed by atoms with Gasteiger partial charge in [-0.25, -0.2) is 0 Å². The molecule has 1 aliphatic carbocycles. The minimum absolute atomic E-state index is 0.0245. The van der Waals surface area contributed by atoms with Crippen molar-refractivity contribution in [1.82, 2.24) is 0 Å². The van der Waals surface area contributed by atoms with Gasteiger partial charge in [-0.3, -0.25) is 0 Å². The van der Waals surface area contributed by atoms with Gasteiger partial charge in [0.15, 0.2) is 0 Å². The van der Waals surface area contributed by atoms with Gasteiger partial charge in [0.05, 0.1) is 12.7 Å². The summed E-state index contributed by atoms with van der Waals surface area (Å²) in [6.45, 7) is 6.53. The molecule has 4 N–H and O–H groups in total. The van der Waals surface area contributed by atoms with Crippen molar-refractivity contribution >= 4 is 0 Å². The molecular weight excluding hydrogens is 190 g/mol. The van der Waals surface area contributed by atoms with E-state index in [4.69, 9.17) is 5.73 Å². The summed E-state index contributed by atoms with van der Waals surface area (Å²) in [5.74, 6) is 0.311. The zero-order chi connectivity index (χ0) is 11.7. The average Bonchev–Trinajstić information content (AvgIpc) is 2.17. The van der Waals surface area contributed by atoms with Crippen molar-refractivity contribution in [1.29, 1.82) is 0 Å². The van der Waals surface area contributed by atoms with Crippen LogP contribution in [0.25, 0.3) is 0 Å². The average molecular weight is 215 g/mol. The summed E-state index contributed by atoms with van der Waals surface area (Å²) < 4.78 is 0. The lowest BCUT2D eigenvalue weighted by Crippen LogP contribution is -2.53. The smallest absolute Gasteiger partial charge is 0.0612 e. The second-order valence-corrected chi connectivity index (χ2v) is 5.78. The molecule has 90 valence electrons. The van der Waals surface area contributed by atoms with E-state index < -0.39 is 5.54 Å². The molecule has 3 unspecified atom stereocenters. The Kier molecular flexibility index (Phi) is 3.80. The third kappa shape index (κ3) is 2.71. The van der Waals surface area contributed by atoms with E-state index in [2.05, 4.69) is 20.8 Å². The van der Waals surface area contributed by atoms with Gasteiger partial charge in [-0.05, 0) is 30.6 Å². The van der Waals surface area contributed by atoms with E-state index >= 15 is 0 Å². The Labute approximate surface area is 92.7 Å². The second kappa shape index (κ2) is 4.40. The van der Waals surface area contributed by atoms with Crippen molar-refractivity contribution in [2.75, 3.05) is 6.61 Å². The highest BCUT2D eigenvalue weighted by Crippen LogP contribution is 2.42. The van der Waals surface area contributed by atoms with Crippen molar-refractivity contribution in [2.24, 2.45) is 17.1 Å². The summed E-state index contributed by atoms with van der Waals surface area (Å²) in [7, 11) is 0. The van der Waals surface area contributed by atoms with Crippen LogP contribution < -0.4 is 5.73 Å². The van der Waals surface area contributed by atoms with Crippen molar-refractivity contribution in [2.45, 2.75) is 58.1 Å². The highest BCUT2D eigenvalue weighted by molar-refractivity contribution is 4.97. The van der Waals surface area contributed by atoms with E-state index in [9.17, 15) is 10.2 Å². The maximum Gasteiger partial charge on any atom is 0.0612 e. The lowest BCUT2D eigenvalue weighted by atomic mass is 9.64. The lowest BCUT2D eigenvalue weighted by Gasteiger charge is -2.45.